The van der Waals surface area contributed by atoms with Gasteiger partial charge >= 0.3 is 6.18 Å². The second-order valence-corrected chi connectivity index (χ2v) is 5.83. The predicted octanol–water partition coefficient (Wildman–Crippen LogP) is 4.42. The normalized spacial score (nSPS) is 12.6. The van der Waals surface area contributed by atoms with Gasteiger partial charge in [-0.1, -0.05) is 18.5 Å². The number of anilines is 2. The van der Waals surface area contributed by atoms with Gasteiger partial charge in [0, 0.05) is 23.5 Å². The van der Waals surface area contributed by atoms with E-state index in [-0.39, 0.29) is 34.2 Å². The van der Waals surface area contributed by atoms with Crippen molar-refractivity contribution >= 4 is 29.1 Å². The molecule has 0 radical (unpaired) electrons. The Morgan fingerprint density at radius 3 is 2.48 bits per heavy atom. The Hall–Kier alpha value is -2.35. The number of benzene rings is 1. The molecule has 1 aromatic carbocycles. The summed E-state index contributed by atoms with van der Waals surface area (Å²) in [4.78, 5) is 19.7. The van der Waals surface area contributed by atoms with Crippen LogP contribution in [0.5, 0.6) is 0 Å². The van der Waals surface area contributed by atoms with E-state index in [4.69, 9.17) is 11.6 Å². The maximum absolute atomic E-state index is 13.1. The first-order chi connectivity index (χ1) is 11.7. The van der Waals surface area contributed by atoms with E-state index in [1.165, 1.54) is 24.5 Å². The van der Waals surface area contributed by atoms with E-state index in [1.807, 2.05) is 13.8 Å². The van der Waals surface area contributed by atoms with E-state index in [0.717, 1.165) is 12.5 Å². The molecule has 1 aromatic heterocycles. The Kier molecular flexibility index (Phi) is 5.84. The molecule has 0 aliphatic carbocycles. The van der Waals surface area contributed by atoms with Crippen molar-refractivity contribution < 1.29 is 18.0 Å². The summed E-state index contributed by atoms with van der Waals surface area (Å²) in [5.41, 5.74) is -0.936. The number of hydrogen-bond acceptors (Lipinski definition) is 4. The van der Waals surface area contributed by atoms with Crippen molar-refractivity contribution in [2.75, 3.05) is 5.32 Å². The van der Waals surface area contributed by atoms with E-state index in [1.54, 1.807) is 0 Å². The summed E-state index contributed by atoms with van der Waals surface area (Å²) in [7, 11) is 0. The standard InChI is InChI=1S/C16H16ClF3N4O/c1-3-9(2)23-14(25)10-7-21-15(22-8-10)24-13-5-4-11(17)6-12(13)16(18,19)20/h4-9H,3H2,1-2H3,(H,23,25)(H,21,22,24). The highest BCUT2D eigenvalue weighted by molar-refractivity contribution is 6.30. The molecular formula is C16H16ClF3N4O. The van der Waals surface area contributed by atoms with Crippen molar-refractivity contribution in [3.63, 3.8) is 0 Å². The van der Waals surface area contributed by atoms with Crippen molar-refractivity contribution in [3.8, 4) is 0 Å². The van der Waals surface area contributed by atoms with Crippen molar-refractivity contribution in [2.24, 2.45) is 0 Å². The van der Waals surface area contributed by atoms with Gasteiger partial charge in [-0.15, -0.1) is 0 Å². The van der Waals surface area contributed by atoms with Crippen molar-refractivity contribution in [1.29, 1.82) is 0 Å². The zero-order valence-corrected chi connectivity index (χ0v) is 14.2. The summed E-state index contributed by atoms with van der Waals surface area (Å²) in [6, 6.07) is 3.33. The van der Waals surface area contributed by atoms with Gasteiger partial charge in [-0.3, -0.25) is 4.79 Å². The molecule has 1 unspecified atom stereocenters. The average molecular weight is 373 g/mol. The number of alkyl halides is 3. The van der Waals surface area contributed by atoms with Crippen LogP contribution >= 0.6 is 11.6 Å². The molecular weight excluding hydrogens is 357 g/mol. The highest BCUT2D eigenvalue weighted by Crippen LogP contribution is 2.37. The zero-order chi connectivity index (χ0) is 18.6. The number of aromatic nitrogens is 2. The first kappa shape index (κ1) is 19.0. The molecule has 2 N–H and O–H groups in total. The van der Waals surface area contributed by atoms with Gasteiger partial charge in [0.2, 0.25) is 5.95 Å². The lowest BCUT2D eigenvalue weighted by molar-refractivity contribution is -0.136. The van der Waals surface area contributed by atoms with Gasteiger partial charge in [0.05, 0.1) is 16.8 Å². The van der Waals surface area contributed by atoms with Crippen molar-refractivity contribution in [1.82, 2.24) is 15.3 Å². The van der Waals surface area contributed by atoms with Crippen LogP contribution in [0.15, 0.2) is 30.6 Å². The maximum atomic E-state index is 13.1. The lowest BCUT2D eigenvalue weighted by Crippen LogP contribution is -2.32. The molecule has 0 aliphatic heterocycles. The van der Waals surface area contributed by atoms with Gasteiger partial charge in [-0.25, -0.2) is 9.97 Å². The van der Waals surface area contributed by atoms with E-state index in [9.17, 15) is 18.0 Å². The Balaban J connectivity index is 2.18. The summed E-state index contributed by atoms with van der Waals surface area (Å²) in [6.07, 6.45) is -1.32. The molecule has 0 saturated heterocycles. The molecule has 0 saturated carbocycles. The summed E-state index contributed by atoms with van der Waals surface area (Å²) in [5.74, 6) is -0.406. The lowest BCUT2D eigenvalue weighted by Gasteiger charge is -2.14. The fourth-order valence-corrected chi connectivity index (χ4v) is 2.07. The highest BCUT2D eigenvalue weighted by Gasteiger charge is 2.34. The molecule has 0 fully saturated rings. The van der Waals surface area contributed by atoms with E-state index in [0.29, 0.717) is 0 Å². The van der Waals surface area contributed by atoms with E-state index in [2.05, 4.69) is 20.6 Å². The molecule has 134 valence electrons. The molecule has 0 spiro atoms. The minimum Gasteiger partial charge on any atom is -0.350 e. The molecule has 0 aliphatic rings. The molecule has 1 atom stereocenters. The summed E-state index contributed by atoms with van der Waals surface area (Å²) < 4.78 is 39.2. The molecule has 9 heteroatoms. The number of amides is 1. The van der Waals surface area contributed by atoms with Crippen LogP contribution in [0.4, 0.5) is 24.8 Å². The van der Waals surface area contributed by atoms with Crippen LogP contribution in [-0.4, -0.2) is 21.9 Å². The number of nitrogens with zero attached hydrogens (tertiary/aromatic N) is 2. The molecule has 2 aromatic rings. The largest absolute Gasteiger partial charge is 0.418 e. The SMILES string of the molecule is CCC(C)NC(=O)c1cnc(Nc2ccc(Cl)cc2C(F)(F)F)nc1. The number of nitrogens with one attached hydrogen (secondary N) is 2. The predicted molar refractivity (Wildman–Crippen MR) is 89.0 cm³/mol. The van der Waals surface area contributed by atoms with Gasteiger partial charge < -0.3 is 10.6 Å². The topological polar surface area (TPSA) is 66.9 Å². The smallest absolute Gasteiger partial charge is 0.350 e. The van der Waals surface area contributed by atoms with E-state index >= 15 is 0 Å². The van der Waals surface area contributed by atoms with Crippen molar-refractivity contribution in [3.05, 3.63) is 46.7 Å². The minimum atomic E-state index is -4.58. The zero-order valence-electron chi connectivity index (χ0n) is 13.5. The third kappa shape index (κ3) is 5.06. The maximum Gasteiger partial charge on any atom is 0.418 e. The monoisotopic (exact) mass is 372 g/mol. The number of carbonyl (C=O) groups excluding carboxylic acids is 1. The number of carbonyl (C=O) groups is 1. The first-order valence-electron chi connectivity index (χ1n) is 7.47. The average Bonchev–Trinajstić information content (AvgIpc) is 2.56. The van der Waals surface area contributed by atoms with Gasteiger partial charge in [-0.2, -0.15) is 13.2 Å². The summed E-state index contributed by atoms with van der Waals surface area (Å²) in [6.45, 7) is 3.78. The Bertz CT molecular complexity index is 750. The van der Waals surface area contributed by atoms with E-state index < -0.39 is 11.7 Å². The van der Waals surface area contributed by atoms with Crippen LogP contribution in [0.2, 0.25) is 5.02 Å². The lowest BCUT2D eigenvalue weighted by atomic mass is 10.1. The second-order valence-electron chi connectivity index (χ2n) is 5.39. The van der Waals surface area contributed by atoms with Gasteiger partial charge in [0.25, 0.3) is 5.91 Å². The summed E-state index contributed by atoms with van der Waals surface area (Å²) in [5, 5.41) is 5.21. The van der Waals surface area contributed by atoms with Crippen LogP contribution in [0.1, 0.15) is 36.2 Å². The fourth-order valence-electron chi connectivity index (χ4n) is 1.90. The van der Waals surface area contributed by atoms with Crippen LogP contribution in [0.3, 0.4) is 0 Å². The van der Waals surface area contributed by atoms with Gasteiger partial charge in [-0.05, 0) is 31.5 Å². The summed E-state index contributed by atoms with van der Waals surface area (Å²) >= 11 is 5.63. The Morgan fingerprint density at radius 2 is 1.92 bits per heavy atom. The third-order valence-electron chi connectivity index (χ3n) is 3.44. The van der Waals surface area contributed by atoms with Crippen LogP contribution in [0.25, 0.3) is 0 Å². The van der Waals surface area contributed by atoms with Crippen LogP contribution < -0.4 is 10.6 Å². The fraction of sp³-hybridized carbons (Fsp3) is 0.312. The molecule has 25 heavy (non-hydrogen) atoms. The molecule has 1 heterocycles. The Morgan fingerprint density at radius 1 is 1.28 bits per heavy atom. The minimum absolute atomic E-state index is 0.00582. The number of halogens is 4. The highest BCUT2D eigenvalue weighted by atomic mass is 35.5. The molecule has 0 bridgehead atoms. The quantitative estimate of drug-likeness (QED) is 0.815. The van der Waals surface area contributed by atoms with Crippen LogP contribution in [0, 0.1) is 0 Å². The Labute approximate surface area is 147 Å². The molecule has 5 nitrogen and oxygen atoms in total. The van der Waals surface area contributed by atoms with Crippen molar-refractivity contribution in [2.45, 2.75) is 32.5 Å². The third-order valence-corrected chi connectivity index (χ3v) is 3.67. The van der Waals surface area contributed by atoms with Gasteiger partial charge in [0.15, 0.2) is 0 Å². The van der Waals surface area contributed by atoms with Crippen LogP contribution in [-0.2, 0) is 6.18 Å². The molecule has 2 rings (SSSR count). The van der Waals surface area contributed by atoms with Gasteiger partial charge in [0.1, 0.15) is 0 Å². The second kappa shape index (κ2) is 7.69. The number of hydrogen-bond donors (Lipinski definition) is 2. The number of rotatable bonds is 5. The first-order valence-corrected chi connectivity index (χ1v) is 7.85. The molecule has 1 amide bonds.